The smallest absolute Gasteiger partial charge is 0.314 e. The van der Waals surface area contributed by atoms with Crippen molar-refractivity contribution in [2.24, 2.45) is 0 Å². The first kappa shape index (κ1) is 22.8. The van der Waals surface area contributed by atoms with E-state index in [1.807, 2.05) is 0 Å². The molecule has 1 fully saturated rings. The Hall–Kier alpha value is -1.16. The molecule has 1 aliphatic heterocycles. The number of benzene rings is 1. The number of hydrogen-bond acceptors (Lipinski definition) is 4. The van der Waals surface area contributed by atoms with Gasteiger partial charge in [0.2, 0.25) is 0 Å². The lowest BCUT2D eigenvalue weighted by atomic mass is 9.99. The molecule has 24 heavy (non-hydrogen) atoms. The number of halogens is 6. The molecule has 5 nitrogen and oxygen atoms in total. The molecule has 0 aromatic heterocycles. The molecule has 1 aromatic carbocycles. The number of nitro groups is 1. The Kier molecular flexibility index (Phi) is 8.90. The molecule has 1 aromatic rings. The van der Waals surface area contributed by atoms with Gasteiger partial charge in [-0.3, -0.25) is 15.0 Å². The van der Waals surface area contributed by atoms with Gasteiger partial charge < -0.3 is 5.32 Å². The summed E-state index contributed by atoms with van der Waals surface area (Å²) in [5.41, 5.74) is -0.724. The number of nitrogens with zero attached hydrogens (tertiary/aromatic N) is 2. The maximum atomic E-state index is 13.2. The van der Waals surface area contributed by atoms with Crippen molar-refractivity contribution in [3.8, 4) is 0 Å². The minimum absolute atomic E-state index is 0. The van der Waals surface area contributed by atoms with Gasteiger partial charge in [0.25, 0.3) is 5.69 Å². The predicted molar refractivity (Wildman–Crippen MR) is 85.4 cm³/mol. The van der Waals surface area contributed by atoms with Gasteiger partial charge in [0, 0.05) is 31.7 Å². The molecule has 2 rings (SSSR count). The highest BCUT2D eigenvalue weighted by Crippen LogP contribution is 2.38. The van der Waals surface area contributed by atoms with Gasteiger partial charge >= 0.3 is 6.18 Å². The highest BCUT2D eigenvalue weighted by molar-refractivity contribution is 5.85. The second-order valence-corrected chi connectivity index (χ2v) is 5.08. The number of alkyl halides is 3. The summed E-state index contributed by atoms with van der Waals surface area (Å²) in [7, 11) is 0. The van der Waals surface area contributed by atoms with E-state index in [1.165, 1.54) is 0 Å². The topological polar surface area (TPSA) is 58.4 Å². The molecule has 0 radical (unpaired) electrons. The zero-order chi connectivity index (χ0) is 16.3. The average Bonchev–Trinajstić information content (AvgIpc) is 2.45. The average molecular weight is 394 g/mol. The monoisotopic (exact) mass is 393 g/mol. The summed E-state index contributed by atoms with van der Waals surface area (Å²) in [6.45, 7) is 1.69. The summed E-state index contributed by atoms with van der Waals surface area (Å²) in [4.78, 5) is 11.8. The summed E-state index contributed by atoms with van der Waals surface area (Å²) >= 11 is 0. The van der Waals surface area contributed by atoms with Gasteiger partial charge in [-0.2, -0.15) is 13.2 Å². The standard InChI is InChI=1S/C13H15F4N3O2.2ClH/c14-9-1-2-10(11(7-9)20(21)22)12(8-13(15,16)17)19-5-3-18-4-6-19;;/h1-2,7,12,18H,3-6,8H2;2*1H/t12-;;/m0../s1. The number of hydrogen-bond donors (Lipinski definition) is 1. The van der Waals surface area contributed by atoms with Crippen LogP contribution in [-0.2, 0) is 0 Å². The second-order valence-electron chi connectivity index (χ2n) is 5.08. The third kappa shape index (κ3) is 6.04. The van der Waals surface area contributed by atoms with Crippen molar-refractivity contribution in [2.45, 2.75) is 18.6 Å². The molecule has 0 aliphatic carbocycles. The first-order chi connectivity index (χ1) is 10.3. The van der Waals surface area contributed by atoms with E-state index in [0.29, 0.717) is 32.2 Å². The van der Waals surface area contributed by atoms with E-state index < -0.39 is 35.1 Å². The van der Waals surface area contributed by atoms with Crippen LogP contribution in [0.25, 0.3) is 0 Å². The largest absolute Gasteiger partial charge is 0.390 e. The molecular formula is C13H17Cl2F4N3O2. The van der Waals surface area contributed by atoms with E-state index >= 15 is 0 Å². The van der Waals surface area contributed by atoms with E-state index in [9.17, 15) is 27.7 Å². The number of piperazine rings is 1. The van der Waals surface area contributed by atoms with Crippen LogP contribution in [0.5, 0.6) is 0 Å². The van der Waals surface area contributed by atoms with Crippen molar-refractivity contribution in [1.29, 1.82) is 0 Å². The maximum Gasteiger partial charge on any atom is 0.390 e. The fraction of sp³-hybridized carbons (Fsp3) is 0.538. The van der Waals surface area contributed by atoms with Crippen molar-refractivity contribution < 1.29 is 22.5 Å². The lowest BCUT2D eigenvalue weighted by Crippen LogP contribution is -2.46. The summed E-state index contributed by atoms with van der Waals surface area (Å²) in [6, 6.07) is 1.50. The molecule has 11 heteroatoms. The third-order valence-corrected chi connectivity index (χ3v) is 3.57. The van der Waals surface area contributed by atoms with E-state index in [1.54, 1.807) is 4.90 Å². The van der Waals surface area contributed by atoms with E-state index in [0.717, 1.165) is 12.1 Å². The van der Waals surface area contributed by atoms with Crippen molar-refractivity contribution in [2.75, 3.05) is 26.2 Å². The van der Waals surface area contributed by atoms with Gasteiger partial charge in [-0.15, -0.1) is 24.8 Å². The van der Waals surface area contributed by atoms with E-state index in [4.69, 9.17) is 0 Å². The molecule has 138 valence electrons. The molecule has 1 heterocycles. The molecule has 0 bridgehead atoms. The molecule has 0 amide bonds. The molecule has 1 N–H and O–H groups in total. The van der Waals surface area contributed by atoms with Gasteiger partial charge in [0.1, 0.15) is 5.82 Å². The van der Waals surface area contributed by atoms with Gasteiger partial charge in [0.05, 0.1) is 23.5 Å². The van der Waals surface area contributed by atoms with E-state index in [2.05, 4.69) is 5.32 Å². The lowest BCUT2D eigenvalue weighted by Gasteiger charge is -2.35. The minimum Gasteiger partial charge on any atom is -0.314 e. The number of nitrogens with one attached hydrogen (secondary N) is 1. The first-order valence-electron chi connectivity index (χ1n) is 6.73. The number of rotatable bonds is 4. The van der Waals surface area contributed by atoms with Crippen molar-refractivity contribution in [1.82, 2.24) is 10.2 Å². The zero-order valence-corrected chi connectivity index (χ0v) is 14.0. The van der Waals surface area contributed by atoms with Crippen LogP contribution < -0.4 is 5.32 Å². The SMILES string of the molecule is Cl.Cl.O=[N+]([O-])c1cc(F)ccc1[C@H](CC(F)(F)F)N1CCNCC1. The number of nitro benzene ring substituents is 1. The molecule has 0 spiro atoms. The van der Waals surface area contributed by atoms with Crippen LogP contribution in [0.15, 0.2) is 18.2 Å². The van der Waals surface area contributed by atoms with Crippen LogP contribution in [-0.4, -0.2) is 42.2 Å². The fourth-order valence-corrected chi connectivity index (χ4v) is 2.61. The van der Waals surface area contributed by atoms with Crippen LogP contribution in [0.1, 0.15) is 18.0 Å². The summed E-state index contributed by atoms with van der Waals surface area (Å²) in [6.07, 6.45) is -5.68. The van der Waals surface area contributed by atoms with Gasteiger partial charge in [0.15, 0.2) is 0 Å². The van der Waals surface area contributed by atoms with Crippen LogP contribution in [0, 0.1) is 15.9 Å². The van der Waals surface area contributed by atoms with E-state index in [-0.39, 0.29) is 30.4 Å². The highest BCUT2D eigenvalue weighted by Gasteiger charge is 2.38. The quantitative estimate of drug-likeness (QED) is 0.483. The lowest BCUT2D eigenvalue weighted by molar-refractivity contribution is -0.386. The van der Waals surface area contributed by atoms with Crippen LogP contribution >= 0.6 is 24.8 Å². The Bertz CT molecular complexity index is 555. The van der Waals surface area contributed by atoms with Crippen LogP contribution in [0.4, 0.5) is 23.2 Å². The zero-order valence-electron chi connectivity index (χ0n) is 12.4. The van der Waals surface area contributed by atoms with Gasteiger partial charge in [-0.25, -0.2) is 4.39 Å². The first-order valence-corrected chi connectivity index (χ1v) is 6.73. The summed E-state index contributed by atoms with van der Waals surface area (Å²) < 4.78 is 51.8. The third-order valence-electron chi connectivity index (χ3n) is 3.57. The Morgan fingerprint density at radius 2 is 1.83 bits per heavy atom. The molecule has 1 atom stereocenters. The fourth-order valence-electron chi connectivity index (χ4n) is 2.61. The molecular weight excluding hydrogens is 377 g/mol. The Morgan fingerprint density at radius 1 is 1.25 bits per heavy atom. The van der Waals surface area contributed by atoms with Crippen molar-refractivity contribution in [3.63, 3.8) is 0 Å². The Balaban J connectivity index is 0.00000264. The Labute approximate surface area is 148 Å². The van der Waals surface area contributed by atoms with Crippen LogP contribution in [0.3, 0.4) is 0 Å². The molecule has 0 saturated carbocycles. The maximum absolute atomic E-state index is 13.2. The van der Waals surface area contributed by atoms with Crippen LogP contribution in [0.2, 0.25) is 0 Å². The highest BCUT2D eigenvalue weighted by atomic mass is 35.5. The molecule has 0 unspecified atom stereocenters. The molecule has 1 saturated heterocycles. The van der Waals surface area contributed by atoms with Gasteiger partial charge in [-0.1, -0.05) is 0 Å². The van der Waals surface area contributed by atoms with Crippen molar-refractivity contribution >= 4 is 30.5 Å². The van der Waals surface area contributed by atoms with Crippen molar-refractivity contribution in [3.05, 3.63) is 39.7 Å². The van der Waals surface area contributed by atoms with Gasteiger partial charge in [-0.05, 0) is 12.1 Å². The summed E-state index contributed by atoms with van der Waals surface area (Å²) in [5.74, 6) is -0.846. The summed E-state index contributed by atoms with van der Waals surface area (Å²) in [5, 5.41) is 14.1. The minimum atomic E-state index is -4.47. The molecule has 1 aliphatic rings. The Morgan fingerprint density at radius 3 is 2.33 bits per heavy atom. The second kappa shape index (κ2) is 9.36. The predicted octanol–water partition coefficient (Wildman–Crippen LogP) is 3.48. The normalized spacial score (nSPS) is 16.7.